The number of benzene rings is 2. The van der Waals surface area contributed by atoms with Crippen molar-refractivity contribution in [1.29, 1.82) is 5.26 Å². The molecule has 0 aliphatic rings. The van der Waals surface area contributed by atoms with Crippen LogP contribution in [0.15, 0.2) is 54.6 Å². The summed E-state index contributed by atoms with van der Waals surface area (Å²) in [6.45, 7) is 1.80. The van der Waals surface area contributed by atoms with Gasteiger partial charge in [0.15, 0.2) is 0 Å². The van der Waals surface area contributed by atoms with Gasteiger partial charge in [0.05, 0.1) is 6.07 Å². The number of ketones is 1. The SMILES string of the molecule is CCC(=O)C(C#N)Cc1cccc(-c2ccccc2)c1. The molecule has 0 saturated heterocycles. The molecular formula is C18H17NO. The number of Topliss-reactive ketones (excluding diaryl/α,β-unsaturated/α-hetero) is 1. The molecule has 1 unspecified atom stereocenters. The minimum atomic E-state index is -0.536. The molecule has 2 rings (SSSR count). The van der Waals surface area contributed by atoms with Gasteiger partial charge in [-0.05, 0) is 23.1 Å². The second kappa shape index (κ2) is 6.68. The lowest BCUT2D eigenvalue weighted by atomic mass is 9.93. The van der Waals surface area contributed by atoms with Crippen LogP contribution >= 0.6 is 0 Å². The van der Waals surface area contributed by atoms with Gasteiger partial charge < -0.3 is 0 Å². The van der Waals surface area contributed by atoms with Crippen LogP contribution in [0.1, 0.15) is 18.9 Å². The number of nitriles is 1. The van der Waals surface area contributed by atoms with Gasteiger partial charge in [-0.25, -0.2) is 0 Å². The number of hydrogen-bond donors (Lipinski definition) is 0. The summed E-state index contributed by atoms with van der Waals surface area (Å²) >= 11 is 0. The van der Waals surface area contributed by atoms with Crippen LogP contribution in [0, 0.1) is 17.2 Å². The third kappa shape index (κ3) is 3.33. The normalized spacial score (nSPS) is 11.6. The van der Waals surface area contributed by atoms with Crippen LogP contribution < -0.4 is 0 Å². The van der Waals surface area contributed by atoms with Crippen LogP contribution in [0.5, 0.6) is 0 Å². The van der Waals surface area contributed by atoms with Gasteiger partial charge in [0, 0.05) is 6.42 Å². The van der Waals surface area contributed by atoms with Crippen molar-refractivity contribution in [3.8, 4) is 17.2 Å². The van der Waals surface area contributed by atoms with E-state index in [4.69, 9.17) is 5.26 Å². The molecule has 2 nitrogen and oxygen atoms in total. The van der Waals surface area contributed by atoms with Gasteiger partial charge in [-0.15, -0.1) is 0 Å². The Morgan fingerprint density at radius 1 is 1.10 bits per heavy atom. The number of hydrogen-bond acceptors (Lipinski definition) is 2. The Kier molecular flexibility index (Phi) is 4.68. The molecule has 0 fully saturated rings. The molecule has 2 aromatic rings. The lowest BCUT2D eigenvalue weighted by Crippen LogP contribution is -2.14. The van der Waals surface area contributed by atoms with Crippen molar-refractivity contribution >= 4 is 5.78 Å². The Bertz CT molecular complexity index is 625. The first-order valence-electron chi connectivity index (χ1n) is 6.81. The molecule has 0 radical (unpaired) electrons. The largest absolute Gasteiger partial charge is 0.298 e. The van der Waals surface area contributed by atoms with Gasteiger partial charge in [0.2, 0.25) is 0 Å². The maximum atomic E-state index is 11.7. The van der Waals surface area contributed by atoms with Crippen LogP contribution in [0.3, 0.4) is 0 Å². The molecule has 0 aromatic heterocycles. The minimum absolute atomic E-state index is 0.0117. The number of nitrogens with zero attached hydrogens (tertiary/aromatic N) is 1. The quantitative estimate of drug-likeness (QED) is 0.817. The highest BCUT2D eigenvalue weighted by atomic mass is 16.1. The van der Waals surface area contributed by atoms with Gasteiger partial charge in [0.25, 0.3) is 0 Å². The van der Waals surface area contributed by atoms with E-state index in [1.54, 1.807) is 6.92 Å². The first-order valence-corrected chi connectivity index (χ1v) is 6.81. The predicted molar refractivity (Wildman–Crippen MR) is 80.0 cm³/mol. The third-order valence-electron chi connectivity index (χ3n) is 3.37. The van der Waals surface area contributed by atoms with Crippen molar-refractivity contribution < 1.29 is 4.79 Å². The summed E-state index contributed by atoms with van der Waals surface area (Å²) in [6.07, 6.45) is 0.903. The predicted octanol–water partition coefficient (Wildman–Crippen LogP) is 4.01. The summed E-state index contributed by atoms with van der Waals surface area (Å²) in [5.41, 5.74) is 3.29. The maximum Gasteiger partial charge on any atom is 0.150 e. The highest BCUT2D eigenvalue weighted by molar-refractivity contribution is 5.83. The molecule has 2 aromatic carbocycles. The molecular weight excluding hydrogens is 246 g/mol. The topological polar surface area (TPSA) is 40.9 Å². The average molecular weight is 263 g/mol. The van der Waals surface area contributed by atoms with E-state index in [2.05, 4.69) is 24.3 Å². The number of carbonyl (C=O) groups excluding carboxylic acids is 1. The second-order valence-electron chi connectivity index (χ2n) is 4.77. The molecule has 0 saturated carbocycles. The smallest absolute Gasteiger partial charge is 0.150 e. The minimum Gasteiger partial charge on any atom is -0.298 e. The van der Waals surface area contributed by atoms with Crippen molar-refractivity contribution in [1.82, 2.24) is 0 Å². The van der Waals surface area contributed by atoms with Gasteiger partial charge in [-0.3, -0.25) is 4.79 Å². The zero-order chi connectivity index (χ0) is 14.4. The molecule has 0 heterocycles. The highest BCUT2D eigenvalue weighted by Gasteiger charge is 2.16. The molecule has 1 atom stereocenters. The molecule has 0 bridgehead atoms. The molecule has 0 spiro atoms. The molecule has 0 N–H and O–H groups in total. The molecule has 100 valence electrons. The number of carbonyl (C=O) groups is 1. The monoisotopic (exact) mass is 263 g/mol. The number of rotatable bonds is 5. The standard InChI is InChI=1S/C18H17NO/c1-2-18(20)17(13-19)12-14-7-6-10-16(11-14)15-8-4-3-5-9-15/h3-11,17H,2,12H2,1H3. The molecule has 2 heteroatoms. The van der Waals surface area contributed by atoms with Crippen molar-refractivity contribution in [3.05, 3.63) is 60.2 Å². The first-order chi connectivity index (χ1) is 9.74. The molecule has 20 heavy (non-hydrogen) atoms. The summed E-state index contributed by atoms with van der Waals surface area (Å²) in [5, 5.41) is 9.10. The van der Waals surface area contributed by atoms with E-state index in [1.165, 1.54) is 0 Å². The lowest BCUT2D eigenvalue weighted by Gasteiger charge is -2.09. The van der Waals surface area contributed by atoms with E-state index < -0.39 is 5.92 Å². The van der Waals surface area contributed by atoms with Crippen LogP contribution in [-0.4, -0.2) is 5.78 Å². The summed E-state index contributed by atoms with van der Waals surface area (Å²) in [7, 11) is 0. The van der Waals surface area contributed by atoms with E-state index in [1.807, 2.05) is 36.4 Å². The van der Waals surface area contributed by atoms with Gasteiger partial charge in [-0.2, -0.15) is 5.26 Å². The fraction of sp³-hybridized carbons (Fsp3) is 0.222. The van der Waals surface area contributed by atoms with E-state index in [9.17, 15) is 4.79 Å². The lowest BCUT2D eigenvalue weighted by molar-refractivity contribution is -0.120. The summed E-state index contributed by atoms with van der Waals surface area (Å²) in [4.78, 5) is 11.7. The Balaban J connectivity index is 2.23. The highest BCUT2D eigenvalue weighted by Crippen LogP contribution is 2.21. The fourth-order valence-electron chi connectivity index (χ4n) is 2.22. The summed E-state index contributed by atoms with van der Waals surface area (Å²) in [5.74, 6) is -0.524. The first kappa shape index (κ1) is 14.0. The van der Waals surface area contributed by atoms with Crippen LogP contribution in [-0.2, 0) is 11.2 Å². The van der Waals surface area contributed by atoms with Crippen molar-refractivity contribution in [2.45, 2.75) is 19.8 Å². The second-order valence-corrected chi connectivity index (χ2v) is 4.77. The van der Waals surface area contributed by atoms with E-state index in [0.29, 0.717) is 12.8 Å². The van der Waals surface area contributed by atoms with E-state index in [-0.39, 0.29) is 5.78 Å². The summed E-state index contributed by atoms with van der Waals surface area (Å²) < 4.78 is 0. The molecule has 0 aliphatic carbocycles. The van der Waals surface area contributed by atoms with Crippen molar-refractivity contribution in [2.75, 3.05) is 0 Å². The Hall–Kier alpha value is -2.40. The Morgan fingerprint density at radius 2 is 1.80 bits per heavy atom. The Labute approximate surface area is 119 Å². The van der Waals surface area contributed by atoms with E-state index >= 15 is 0 Å². The Morgan fingerprint density at radius 3 is 2.45 bits per heavy atom. The third-order valence-corrected chi connectivity index (χ3v) is 3.37. The molecule has 0 aliphatic heterocycles. The van der Waals surface area contributed by atoms with Crippen LogP contribution in [0.4, 0.5) is 0 Å². The van der Waals surface area contributed by atoms with Crippen molar-refractivity contribution in [3.63, 3.8) is 0 Å². The zero-order valence-corrected chi connectivity index (χ0v) is 11.5. The van der Waals surface area contributed by atoms with Gasteiger partial charge in [-0.1, -0.05) is 61.5 Å². The summed E-state index contributed by atoms with van der Waals surface area (Å²) in [6, 6.07) is 20.3. The maximum absolute atomic E-state index is 11.7. The van der Waals surface area contributed by atoms with Crippen LogP contribution in [0.25, 0.3) is 11.1 Å². The van der Waals surface area contributed by atoms with Gasteiger partial charge >= 0.3 is 0 Å². The van der Waals surface area contributed by atoms with Crippen LogP contribution in [0.2, 0.25) is 0 Å². The average Bonchev–Trinajstić information content (AvgIpc) is 2.53. The fourth-order valence-corrected chi connectivity index (χ4v) is 2.22. The van der Waals surface area contributed by atoms with E-state index in [0.717, 1.165) is 16.7 Å². The molecule has 0 amide bonds. The van der Waals surface area contributed by atoms with Gasteiger partial charge in [0.1, 0.15) is 11.7 Å². The zero-order valence-electron chi connectivity index (χ0n) is 11.5. The van der Waals surface area contributed by atoms with Crippen molar-refractivity contribution in [2.24, 2.45) is 5.92 Å².